The Morgan fingerprint density at radius 1 is 0.933 bits per heavy atom. The van der Waals surface area contributed by atoms with E-state index in [0.717, 1.165) is 13.1 Å². The second-order valence-electron chi connectivity index (χ2n) is 4.51. The van der Waals surface area contributed by atoms with Gasteiger partial charge in [0.15, 0.2) is 0 Å². The van der Waals surface area contributed by atoms with Crippen LogP contribution in [0.1, 0.15) is 59.8 Å². The Morgan fingerprint density at radius 2 is 1.47 bits per heavy atom. The molecule has 2 nitrogen and oxygen atoms in total. The van der Waals surface area contributed by atoms with Crippen LogP contribution in [0.4, 0.5) is 0 Å². The largest absolute Gasteiger partial charge is 0.329 e. The van der Waals surface area contributed by atoms with Gasteiger partial charge in [0, 0.05) is 12.1 Å². The maximum absolute atomic E-state index is 6.04. The molecule has 0 atom stereocenters. The average Bonchev–Trinajstić information content (AvgIpc) is 2.25. The van der Waals surface area contributed by atoms with Crippen LogP contribution in [-0.2, 0) is 0 Å². The molecule has 92 valence electrons. The summed E-state index contributed by atoms with van der Waals surface area (Å²) >= 11 is 0. The zero-order valence-corrected chi connectivity index (χ0v) is 11.2. The van der Waals surface area contributed by atoms with Crippen LogP contribution in [0.25, 0.3) is 0 Å². The second kappa shape index (κ2) is 8.12. The average molecular weight is 214 g/mol. The van der Waals surface area contributed by atoms with E-state index in [9.17, 15) is 0 Å². The van der Waals surface area contributed by atoms with Crippen LogP contribution in [0.5, 0.6) is 0 Å². The van der Waals surface area contributed by atoms with Crippen molar-refractivity contribution in [2.24, 2.45) is 5.73 Å². The van der Waals surface area contributed by atoms with Crippen molar-refractivity contribution in [1.82, 2.24) is 4.90 Å². The fourth-order valence-electron chi connectivity index (χ4n) is 2.71. The van der Waals surface area contributed by atoms with Crippen LogP contribution in [0.15, 0.2) is 0 Å². The van der Waals surface area contributed by atoms with Crippen molar-refractivity contribution in [3.63, 3.8) is 0 Å². The van der Waals surface area contributed by atoms with Gasteiger partial charge in [-0.1, -0.05) is 40.5 Å². The first-order valence-electron chi connectivity index (χ1n) is 6.65. The summed E-state index contributed by atoms with van der Waals surface area (Å²) in [6, 6.07) is 0. The van der Waals surface area contributed by atoms with Gasteiger partial charge in [-0.05, 0) is 32.4 Å². The lowest BCUT2D eigenvalue weighted by atomic mass is 9.86. The summed E-state index contributed by atoms with van der Waals surface area (Å²) in [5.41, 5.74) is 6.32. The van der Waals surface area contributed by atoms with E-state index < -0.39 is 0 Å². The van der Waals surface area contributed by atoms with Crippen molar-refractivity contribution < 1.29 is 0 Å². The van der Waals surface area contributed by atoms with Crippen molar-refractivity contribution >= 4 is 0 Å². The molecule has 0 unspecified atom stereocenters. The molecule has 0 aliphatic heterocycles. The number of likely N-dealkylation sites (N-methyl/N-ethyl adjacent to an activating group) is 1. The predicted molar refractivity (Wildman–Crippen MR) is 69.1 cm³/mol. The molecule has 0 aliphatic rings. The summed E-state index contributed by atoms with van der Waals surface area (Å²) in [6.07, 6.45) is 6.17. The highest BCUT2D eigenvalue weighted by atomic mass is 15.2. The van der Waals surface area contributed by atoms with E-state index in [1.807, 2.05) is 0 Å². The Morgan fingerprint density at radius 3 is 1.73 bits per heavy atom. The number of hydrogen-bond acceptors (Lipinski definition) is 2. The van der Waals surface area contributed by atoms with Gasteiger partial charge in [-0.15, -0.1) is 0 Å². The molecule has 0 fully saturated rings. The molecule has 0 heterocycles. The molecular formula is C13H30N2. The first-order chi connectivity index (χ1) is 7.20. The van der Waals surface area contributed by atoms with Crippen molar-refractivity contribution in [3.8, 4) is 0 Å². The zero-order chi connectivity index (χ0) is 11.7. The van der Waals surface area contributed by atoms with Gasteiger partial charge < -0.3 is 5.73 Å². The van der Waals surface area contributed by atoms with Crippen LogP contribution in [0, 0.1) is 0 Å². The molecule has 0 bridgehead atoms. The molecule has 0 aromatic rings. The second-order valence-corrected chi connectivity index (χ2v) is 4.51. The van der Waals surface area contributed by atoms with Gasteiger partial charge in [0.25, 0.3) is 0 Å². The molecule has 0 saturated carbocycles. The van der Waals surface area contributed by atoms with Gasteiger partial charge in [0.2, 0.25) is 0 Å². The molecule has 0 radical (unpaired) electrons. The van der Waals surface area contributed by atoms with Gasteiger partial charge in [-0.3, -0.25) is 4.90 Å². The zero-order valence-electron chi connectivity index (χ0n) is 11.2. The number of nitrogens with zero attached hydrogens (tertiary/aromatic N) is 1. The van der Waals surface area contributed by atoms with Crippen LogP contribution >= 0.6 is 0 Å². The number of hydrogen-bond donors (Lipinski definition) is 1. The topological polar surface area (TPSA) is 29.3 Å². The monoisotopic (exact) mass is 214 g/mol. The minimum absolute atomic E-state index is 0.272. The van der Waals surface area contributed by atoms with Crippen molar-refractivity contribution in [3.05, 3.63) is 0 Å². The summed E-state index contributed by atoms with van der Waals surface area (Å²) in [6.45, 7) is 12.2. The minimum atomic E-state index is 0.272. The first kappa shape index (κ1) is 14.9. The molecule has 2 heteroatoms. The van der Waals surface area contributed by atoms with E-state index in [1.165, 1.54) is 38.6 Å². The molecule has 0 aromatic heterocycles. The molecule has 15 heavy (non-hydrogen) atoms. The van der Waals surface area contributed by atoms with E-state index in [-0.39, 0.29) is 5.54 Å². The maximum Gasteiger partial charge on any atom is 0.0331 e. The highest BCUT2D eigenvalue weighted by molar-refractivity contribution is 4.90. The highest BCUT2D eigenvalue weighted by Crippen LogP contribution is 2.26. The van der Waals surface area contributed by atoms with Crippen molar-refractivity contribution in [2.45, 2.75) is 65.3 Å². The highest BCUT2D eigenvalue weighted by Gasteiger charge is 2.32. The molecule has 0 spiro atoms. The maximum atomic E-state index is 6.04. The Hall–Kier alpha value is -0.0800. The van der Waals surface area contributed by atoms with E-state index in [2.05, 4.69) is 32.6 Å². The fourth-order valence-corrected chi connectivity index (χ4v) is 2.71. The smallest absolute Gasteiger partial charge is 0.0331 e. The Labute approximate surface area is 96.2 Å². The summed E-state index contributed by atoms with van der Waals surface area (Å²) in [5, 5.41) is 0. The number of nitrogens with two attached hydrogens (primary N) is 1. The molecule has 0 aliphatic carbocycles. The molecule has 0 aromatic carbocycles. The first-order valence-corrected chi connectivity index (χ1v) is 6.65. The fraction of sp³-hybridized carbons (Fsp3) is 1.00. The van der Waals surface area contributed by atoms with Gasteiger partial charge in [0.1, 0.15) is 0 Å². The van der Waals surface area contributed by atoms with E-state index in [4.69, 9.17) is 5.73 Å². The van der Waals surface area contributed by atoms with Crippen molar-refractivity contribution in [1.29, 1.82) is 0 Å². The lowest BCUT2D eigenvalue weighted by Gasteiger charge is -2.43. The third-order valence-corrected chi connectivity index (χ3v) is 3.36. The Kier molecular flexibility index (Phi) is 8.07. The number of rotatable bonds is 9. The standard InChI is InChI=1S/C13H30N2/c1-5-9-13(12-14,10-6-2)15(8-4)11-7-3/h5-12,14H2,1-4H3. The molecule has 0 amide bonds. The van der Waals surface area contributed by atoms with Gasteiger partial charge in [-0.25, -0.2) is 0 Å². The Balaban J connectivity index is 4.65. The van der Waals surface area contributed by atoms with Gasteiger partial charge >= 0.3 is 0 Å². The van der Waals surface area contributed by atoms with Gasteiger partial charge in [-0.2, -0.15) is 0 Å². The third kappa shape index (κ3) is 4.12. The predicted octanol–water partition coefficient (Wildman–Crippen LogP) is 3.02. The molecule has 2 N–H and O–H groups in total. The van der Waals surface area contributed by atoms with E-state index >= 15 is 0 Å². The summed E-state index contributed by atoms with van der Waals surface area (Å²) in [7, 11) is 0. The molecule has 0 saturated heterocycles. The lowest BCUT2D eigenvalue weighted by Crippen LogP contribution is -2.54. The Bertz CT molecular complexity index is 139. The van der Waals surface area contributed by atoms with E-state index in [0.29, 0.717) is 0 Å². The molecule has 0 rings (SSSR count). The summed E-state index contributed by atoms with van der Waals surface area (Å²) in [4.78, 5) is 2.60. The van der Waals surface area contributed by atoms with Crippen LogP contribution < -0.4 is 5.73 Å². The van der Waals surface area contributed by atoms with Crippen LogP contribution in [-0.4, -0.2) is 30.1 Å². The van der Waals surface area contributed by atoms with Crippen LogP contribution in [0.3, 0.4) is 0 Å². The van der Waals surface area contributed by atoms with Gasteiger partial charge in [0.05, 0.1) is 0 Å². The normalized spacial score (nSPS) is 12.4. The minimum Gasteiger partial charge on any atom is -0.329 e. The quantitative estimate of drug-likeness (QED) is 0.639. The summed E-state index contributed by atoms with van der Waals surface area (Å²) in [5.74, 6) is 0. The lowest BCUT2D eigenvalue weighted by molar-refractivity contribution is 0.0798. The van der Waals surface area contributed by atoms with Crippen molar-refractivity contribution in [2.75, 3.05) is 19.6 Å². The van der Waals surface area contributed by atoms with E-state index in [1.54, 1.807) is 0 Å². The third-order valence-electron chi connectivity index (χ3n) is 3.36. The van der Waals surface area contributed by atoms with Crippen LogP contribution in [0.2, 0.25) is 0 Å². The SMILES string of the molecule is CCCN(CC)C(CN)(CCC)CCC. The molecular weight excluding hydrogens is 184 g/mol. The summed E-state index contributed by atoms with van der Waals surface area (Å²) < 4.78 is 0.